The molecule has 3 aromatic rings. The Labute approximate surface area is 198 Å². The summed E-state index contributed by atoms with van der Waals surface area (Å²) < 4.78 is 48.2. The van der Waals surface area contributed by atoms with Gasteiger partial charge in [0, 0.05) is 24.7 Å². The van der Waals surface area contributed by atoms with Gasteiger partial charge in [0.15, 0.2) is 11.5 Å². The first-order valence-corrected chi connectivity index (χ1v) is 11.5. The van der Waals surface area contributed by atoms with Crippen LogP contribution in [-0.4, -0.2) is 49.8 Å². The molecule has 0 fully saturated rings. The van der Waals surface area contributed by atoms with Gasteiger partial charge < -0.3 is 24.3 Å². The summed E-state index contributed by atoms with van der Waals surface area (Å²) in [4.78, 5) is 12.8. The molecule has 0 spiro atoms. The van der Waals surface area contributed by atoms with Crippen molar-refractivity contribution in [3.05, 3.63) is 66.2 Å². The number of hydrogen-bond acceptors (Lipinski definition) is 7. The number of amides is 1. The molecule has 0 radical (unpaired) electrons. The lowest BCUT2D eigenvalue weighted by molar-refractivity contribution is 0.102. The van der Waals surface area contributed by atoms with Crippen molar-refractivity contribution >= 4 is 27.3 Å². The van der Waals surface area contributed by atoms with E-state index in [4.69, 9.17) is 18.9 Å². The van der Waals surface area contributed by atoms with Crippen molar-refractivity contribution in [2.24, 2.45) is 0 Å². The normalized spacial score (nSPS) is 10.9. The topological polar surface area (TPSA) is 103 Å². The van der Waals surface area contributed by atoms with Gasteiger partial charge in [-0.1, -0.05) is 0 Å². The lowest BCUT2D eigenvalue weighted by Gasteiger charge is -2.20. The third-order valence-corrected chi connectivity index (χ3v) is 6.94. The van der Waals surface area contributed by atoms with Gasteiger partial charge in [-0.2, -0.15) is 0 Å². The van der Waals surface area contributed by atoms with Gasteiger partial charge in [-0.25, -0.2) is 8.42 Å². The minimum atomic E-state index is -3.88. The van der Waals surface area contributed by atoms with Gasteiger partial charge in [0.05, 0.1) is 44.7 Å². The molecule has 10 heteroatoms. The number of benzene rings is 3. The molecule has 0 heterocycles. The summed E-state index contributed by atoms with van der Waals surface area (Å²) in [5.74, 6) is 1.40. The Morgan fingerprint density at radius 1 is 0.765 bits per heavy atom. The molecule has 3 rings (SSSR count). The van der Waals surface area contributed by atoms with Gasteiger partial charge in [-0.15, -0.1) is 0 Å². The summed E-state index contributed by atoms with van der Waals surface area (Å²) in [5.41, 5.74) is 1.21. The van der Waals surface area contributed by atoms with E-state index in [1.807, 2.05) is 0 Å². The molecule has 0 bridgehead atoms. The summed E-state index contributed by atoms with van der Waals surface area (Å²) in [6.45, 7) is 0. The number of carbonyl (C=O) groups excluding carboxylic acids is 1. The van der Waals surface area contributed by atoms with E-state index in [0.717, 1.165) is 4.31 Å². The molecule has 0 aromatic heterocycles. The van der Waals surface area contributed by atoms with E-state index in [-0.39, 0.29) is 10.8 Å². The van der Waals surface area contributed by atoms with Gasteiger partial charge in [0.2, 0.25) is 0 Å². The average Bonchev–Trinajstić information content (AvgIpc) is 2.87. The zero-order chi connectivity index (χ0) is 24.9. The maximum atomic E-state index is 13.1. The maximum Gasteiger partial charge on any atom is 0.264 e. The van der Waals surface area contributed by atoms with Crippen molar-refractivity contribution in [3.63, 3.8) is 0 Å². The highest BCUT2D eigenvalue weighted by Gasteiger charge is 2.23. The number of methoxy groups -OCH3 is 4. The Kier molecular flexibility index (Phi) is 7.52. The van der Waals surface area contributed by atoms with Gasteiger partial charge in [-0.3, -0.25) is 9.10 Å². The third-order valence-electron chi connectivity index (χ3n) is 5.16. The molecule has 0 atom stereocenters. The molecule has 0 aliphatic heterocycles. The predicted molar refractivity (Wildman–Crippen MR) is 129 cm³/mol. The number of sulfonamides is 1. The van der Waals surface area contributed by atoms with Crippen LogP contribution in [0, 0.1) is 0 Å². The number of ether oxygens (including phenoxy) is 4. The largest absolute Gasteiger partial charge is 0.497 e. The fraction of sp³-hybridized carbons (Fsp3) is 0.208. The van der Waals surface area contributed by atoms with E-state index in [0.29, 0.717) is 39.9 Å². The SMILES string of the molecule is COc1ccc(NC(=O)c2ccc(N(C)S(=O)(=O)c3ccc(OC)c(OC)c3)cc2)c(OC)c1. The molecular formula is C24H26N2O7S. The van der Waals surface area contributed by atoms with Crippen LogP contribution in [0.3, 0.4) is 0 Å². The van der Waals surface area contributed by atoms with E-state index in [1.54, 1.807) is 42.5 Å². The summed E-state index contributed by atoms with van der Waals surface area (Å²) in [6, 6.07) is 15.6. The smallest absolute Gasteiger partial charge is 0.264 e. The lowest BCUT2D eigenvalue weighted by Crippen LogP contribution is -2.26. The first-order valence-electron chi connectivity index (χ1n) is 10.1. The Morgan fingerprint density at radius 3 is 2.00 bits per heavy atom. The standard InChI is InChI=1S/C24H26N2O7S/c1-26(34(28,29)19-11-13-21(31-3)23(15-19)33-5)17-8-6-16(7-9-17)24(27)25-20-12-10-18(30-2)14-22(20)32-4/h6-15H,1-5H3,(H,25,27). The fourth-order valence-electron chi connectivity index (χ4n) is 3.19. The molecule has 34 heavy (non-hydrogen) atoms. The minimum Gasteiger partial charge on any atom is -0.497 e. The Balaban J connectivity index is 1.80. The van der Waals surface area contributed by atoms with Crippen molar-refractivity contribution in [2.45, 2.75) is 4.90 Å². The highest BCUT2D eigenvalue weighted by atomic mass is 32.2. The molecule has 9 nitrogen and oxygen atoms in total. The Morgan fingerprint density at radius 2 is 1.41 bits per heavy atom. The van der Waals surface area contributed by atoms with Crippen LogP contribution in [0.1, 0.15) is 10.4 Å². The zero-order valence-electron chi connectivity index (χ0n) is 19.5. The molecule has 0 saturated heterocycles. The van der Waals surface area contributed by atoms with Crippen molar-refractivity contribution in [2.75, 3.05) is 45.1 Å². The molecule has 1 amide bonds. The fourth-order valence-corrected chi connectivity index (χ4v) is 4.40. The van der Waals surface area contributed by atoms with Crippen LogP contribution in [0.15, 0.2) is 65.6 Å². The van der Waals surface area contributed by atoms with Crippen LogP contribution >= 0.6 is 0 Å². The summed E-state index contributed by atoms with van der Waals surface area (Å²) in [6.07, 6.45) is 0. The number of nitrogens with zero attached hydrogens (tertiary/aromatic N) is 1. The van der Waals surface area contributed by atoms with Crippen LogP contribution in [0.2, 0.25) is 0 Å². The van der Waals surface area contributed by atoms with Crippen molar-refractivity contribution in [3.8, 4) is 23.0 Å². The van der Waals surface area contributed by atoms with Gasteiger partial charge in [0.1, 0.15) is 11.5 Å². The summed E-state index contributed by atoms with van der Waals surface area (Å²) >= 11 is 0. The molecule has 0 unspecified atom stereocenters. The van der Waals surface area contributed by atoms with E-state index < -0.39 is 10.0 Å². The summed E-state index contributed by atoms with van der Waals surface area (Å²) in [5, 5.41) is 2.78. The van der Waals surface area contributed by atoms with Crippen LogP contribution in [-0.2, 0) is 10.0 Å². The number of hydrogen-bond donors (Lipinski definition) is 1. The van der Waals surface area contributed by atoms with E-state index >= 15 is 0 Å². The summed E-state index contributed by atoms with van der Waals surface area (Å²) in [7, 11) is 3.49. The molecule has 0 aliphatic carbocycles. The molecule has 3 aromatic carbocycles. The first kappa shape index (κ1) is 24.7. The second-order valence-electron chi connectivity index (χ2n) is 7.06. The number of carbonyl (C=O) groups is 1. The van der Waals surface area contributed by atoms with Crippen LogP contribution in [0.4, 0.5) is 11.4 Å². The maximum absolute atomic E-state index is 13.1. The molecule has 0 saturated carbocycles. The van der Waals surface area contributed by atoms with Crippen LogP contribution in [0.5, 0.6) is 23.0 Å². The quantitative estimate of drug-likeness (QED) is 0.491. The third kappa shape index (κ3) is 5.01. The van der Waals surface area contributed by atoms with E-state index in [1.165, 1.54) is 53.7 Å². The average molecular weight is 487 g/mol. The Hall–Kier alpha value is -3.92. The van der Waals surface area contributed by atoms with Crippen molar-refractivity contribution < 1.29 is 32.2 Å². The predicted octanol–water partition coefficient (Wildman–Crippen LogP) is 3.80. The van der Waals surface area contributed by atoms with E-state index in [2.05, 4.69) is 5.32 Å². The molecule has 180 valence electrons. The first-order chi connectivity index (χ1) is 16.2. The number of rotatable bonds is 9. The monoisotopic (exact) mass is 486 g/mol. The van der Waals surface area contributed by atoms with Gasteiger partial charge in [-0.05, 0) is 48.5 Å². The number of nitrogens with one attached hydrogen (secondary N) is 1. The van der Waals surface area contributed by atoms with Gasteiger partial charge >= 0.3 is 0 Å². The zero-order valence-corrected chi connectivity index (χ0v) is 20.3. The second-order valence-corrected chi connectivity index (χ2v) is 9.03. The molecular weight excluding hydrogens is 460 g/mol. The van der Waals surface area contributed by atoms with Crippen molar-refractivity contribution in [1.82, 2.24) is 0 Å². The lowest BCUT2D eigenvalue weighted by atomic mass is 10.2. The van der Waals surface area contributed by atoms with Crippen LogP contribution in [0.25, 0.3) is 0 Å². The minimum absolute atomic E-state index is 0.0427. The highest BCUT2D eigenvalue weighted by molar-refractivity contribution is 7.92. The molecule has 0 aliphatic rings. The second kappa shape index (κ2) is 10.3. The number of anilines is 2. The Bertz CT molecular complexity index is 1270. The highest BCUT2D eigenvalue weighted by Crippen LogP contribution is 2.32. The molecule has 1 N–H and O–H groups in total. The van der Waals surface area contributed by atoms with E-state index in [9.17, 15) is 13.2 Å². The van der Waals surface area contributed by atoms with Crippen molar-refractivity contribution in [1.29, 1.82) is 0 Å². The van der Waals surface area contributed by atoms with Crippen LogP contribution < -0.4 is 28.6 Å². The van der Waals surface area contributed by atoms with Gasteiger partial charge in [0.25, 0.3) is 15.9 Å².